The van der Waals surface area contributed by atoms with Crippen molar-refractivity contribution < 1.29 is 4.74 Å². The summed E-state index contributed by atoms with van der Waals surface area (Å²) in [4.78, 5) is 10.0. The first-order chi connectivity index (χ1) is 14.8. The Morgan fingerprint density at radius 3 is 2.63 bits per heavy atom. The number of ether oxygens (including phenoxy) is 1. The van der Waals surface area contributed by atoms with Crippen LogP contribution >= 0.6 is 0 Å². The van der Waals surface area contributed by atoms with Gasteiger partial charge >= 0.3 is 0 Å². The zero-order chi connectivity index (χ0) is 21.0. The van der Waals surface area contributed by atoms with Gasteiger partial charge in [-0.25, -0.2) is 0 Å². The van der Waals surface area contributed by atoms with Gasteiger partial charge in [-0.2, -0.15) is 0 Å². The van der Waals surface area contributed by atoms with Crippen LogP contribution in [0.5, 0.6) is 0 Å². The van der Waals surface area contributed by atoms with Gasteiger partial charge < -0.3 is 20.3 Å². The summed E-state index contributed by atoms with van der Waals surface area (Å²) >= 11 is 0. The third kappa shape index (κ3) is 7.89. The monoisotopic (exact) mass is 415 g/mol. The van der Waals surface area contributed by atoms with Crippen molar-refractivity contribution in [1.82, 2.24) is 20.4 Å². The molecule has 0 saturated carbocycles. The van der Waals surface area contributed by atoms with E-state index >= 15 is 0 Å². The first-order valence-electron chi connectivity index (χ1n) is 11.8. The minimum atomic E-state index is 0.469. The summed E-state index contributed by atoms with van der Waals surface area (Å²) in [5.41, 5.74) is 1.40. The Kier molecular flexibility index (Phi) is 9.93. The number of nitrogens with one attached hydrogen (secondary N) is 2. The fourth-order valence-corrected chi connectivity index (χ4v) is 4.51. The highest BCUT2D eigenvalue weighted by atomic mass is 16.5. The number of hydrogen-bond donors (Lipinski definition) is 2. The standard InChI is InChI=1S/C24H41N5O/c1-3-25-24(26-18-21-11-14-28(15-12-21)16-17-30-2)27-23-10-7-13-29(20-23)19-22-8-5-4-6-9-22/h4-6,8-9,21,23H,3,7,10-20H2,1-2H3,(H2,25,26,27). The Balaban J connectivity index is 1.45. The highest BCUT2D eigenvalue weighted by Gasteiger charge is 2.22. The summed E-state index contributed by atoms with van der Waals surface area (Å²) in [6.45, 7) is 11.5. The van der Waals surface area contributed by atoms with Crippen LogP contribution in [0.4, 0.5) is 0 Å². The number of rotatable bonds is 9. The molecule has 2 saturated heterocycles. The van der Waals surface area contributed by atoms with Crippen molar-refractivity contribution in [3.63, 3.8) is 0 Å². The fourth-order valence-electron chi connectivity index (χ4n) is 4.51. The lowest BCUT2D eigenvalue weighted by Gasteiger charge is -2.34. The number of piperidine rings is 2. The van der Waals surface area contributed by atoms with Gasteiger partial charge in [0.1, 0.15) is 0 Å². The maximum atomic E-state index is 5.21. The van der Waals surface area contributed by atoms with Gasteiger partial charge in [0.2, 0.25) is 0 Å². The van der Waals surface area contributed by atoms with Crippen LogP contribution in [-0.2, 0) is 11.3 Å². The molecule has 0 aliphatic carbocycles. The van der Waals surface area contributed by atoms with E-state index in [9.17, 15) is 0 Å². The second-order valence-corrected chi connectivity index (χ2v) is 8.70. The summed E-state index contributed by atoms with van der Waals surface area (Å²) in [6, 6.07) is 11.3. The summed E-state index contributed by atoms with van der Waals surface area (Å²) < 4.78 is 5.21. The molecule has 1 unspecified atom stereocenters. The van der Waals surface area contributed by atoms with Gasteiger partial charge in [0.15, 0.2) is 5.96 Å². The molecule has 2 aliphatic rings. The molecule has 168 valence electrons. The zero-order valence-corrected chi connectivity index (χ0v) is 19.0. The molecule has 2 fully saturated rings. The van der Waals surface area contributed by atoms with Crippen molar-refractivity contribution in [2.45, 2.75) is 45.2 Å². The number of hydrogen-bond acceptors (Lipinski definition) is 4. The van der Waals surface area contributed by atoms with Crippen molar-refractivity contribution in [3.05, 3.63) is 35.9 Å². The fraction of sp³-hybridized carbons (Fsp3) is 0.708. The van der Waals surface area contributed by atoms with Gasteiger partial charge in [-0.1, -0.05) is 30.3 Å². The lowest BCUT2D eigenvalue weighted by atomic mass is 9.97. The molecular formula is C24H41N5O. The average molecular weight is 416 g/mol. The Labute approximate surface area is 183 Å². The highest BCUT2D eigenvalue weighted by Crippen LogP contribution is 2.17. The number of likely N-dealkylation sites (tertiary alicyclic amines) is 2. The van der Waals surface area contributed by atoms with Crippen LogP contribution in [0.2, 0.25) is 0 Å². The van der Waals surface area contributed by atoms with Crippen LogP contribution in [0.3, 0.4) is 0 Å². The molecule has 0 amide bonds. The maximum Gasteiger partial charge on any atom is 0.191 e. The lowest BCUT2D eigenvalue weighted by Crippen LogP contribution is -2.51. The molecule has 6 nitrogen and oxygen atoms in total. The van der Waals surface area contributed by atoms with E-state index < -0.39 is 0 Å². The number of guanidine groups is 1. The van der Waals surface area contributed by atoms with Gasteiger partial charge in [-0.05, 0) is 63.7 Å². The molecule has 1 aromatic carbocycles. The largest absolute Gasteiger partial charge is 0.383 e. The van der Waals surface area contributed by atoms with Crippen LogP contribution in [0.1, 0.15) is 38.2 Å². The minimum absolute atomic E-state index is 0.469. The first-order valence-corrected chi connectivity index (χ1v) is 11.8. The predicted molar refractivity (Wildman–Crippen MR) is 125 cm³/mol. The van der Waals surface area contributed by atoms with E-state index in [4.69, 9.17) is 9.73 Å². The van der Waals surface area contributed by atoms with E-state index in [0.29, 0.717) is 12.0 Å². The molecule has 0 bridgehead atoms. The molecular weight excluding hydrogens is 374 g/mol. The number of aliphatic imine (C=N–C) groups is 1. The van der Waals surface area contributed by atoms with Crippen molar-refractivity contribution in [3.8, 4) is 0 Å². The molecule has 0 aromatic heterocycles. The summed E-state index contributed by atoms with van der Waals surface area (Å²) in [5, 5.41) is 7.18. The molecule has 0 spiro atoms. The van der Waals surface area contributed by atoms with Crippen LogP contribution < -0.4 is 10.6 Å². The first kappa shape index (κ1) is 23.0. The second-order valence-electron chi connectivity index (χ2n) is 8.70. The molecule has 1 aromatic rings. The lowest BCUT2D eigenvalue weighted by molar-refractivity contribution is 0.121. The SMILES string of the molecule is CCNC(=NCC1CCN(CCOC)CC1)NC1CCCN(Cc2ccccc2)C1. The van der Waals surface area contributed by atoms with E-state index in [2.05, 4.69) is 57.7 Å². The molecule has 1 atom stereocenters. The maximum absolute atomic E-state index is 5.21. The van der Waals surface area contributed by atoms with Gasteiger partial charge in [-0.15, -0.1) is 0 Å². The van der Waals surface area contributed by atoms with E-state index in [1.165, 1.54) is 50.9 Å². The molecule has 3 rings (SSSR count). The quantitative estimate of drug-likeness (QED) is 0.480. The summed E-state index contributed by atoms with van der Waals surface area (Å²) in [6.07, 6.45) is 4.93. The number of nitrogens with zero attached hydrogens (tertiary/aromatic N) is 3. The Morgan fingerprint density at radius 1 is 1.10 bits per heavy atom. The summed E-state index contributed by atoms with van der Waals surface area (Å²) in [7, 11) is 1.78. The van der Waals surface area contributed by atoms with E-state index in [1.54, 1.807) is 7.11 Å². The van der Waals surface area contributed by atoms with E-state index in [-0.39, 0.29) is 0 Å². The Bertz CT molecular complexity index is 615. The average Bonchev–Trinajstić information content (AvgIpc) is 2.78. The smallest absolute Gasteiger partial charge is 0.191 e. The Morgan fingerprint density at radius 2 is 1.90 bits per heavy atom. The molecule has 2 N–H and O–H groups in total. The van der Waals surface area contributed by atoms with E-state index in [1.807, 2.05) is 0 Å². The van der Waals surface area contributed by atoms with E-state index in [0.717, 1.165) is 45.3 Å². The zero-order valence-electron chi connectivity index (χ0n) is 19.0. The van der Waals surface area contributed by atoms with Crippen molar-refractivity contribution in [2.75, 3.05) is 59.5 Å². The van der Waals surface area contributed by atoms with Crippen molar-refractivity contribution >= 4 is 5.96 Å². The molecule has 6 heteroatoms. The van der Waals surface area contributed by atoms with Crippen LogP contribution in [0.15, 0.2) is 35.3 Å². The third-order valence-corrected chi connectivity index (χ3v) is 6.27. The number of methoxy groups -OCH3 is 1. The normalized spacial score (nSPS) is 22.2. The number of benzene rings is 1. The van der Waals surface area contributed by atoms with Gasteiger partial charge in [0.25, 0.3) is 0 Å². The van der Waals surface area contributed by atoms with Crippen molar-refractivity contribution in [1.29, 1.82) is 0 Å². The molecule has 2 heterocycles. The van der Waals surface area contributed by atoms with Crippen LogP contribution in [-0.4, -0.2) is 81.3 Å². The third-order valence-electron chi connectivity index (χ3n) is 6.27. The topological polar surface area (TPSA) is 52.1 Å². The minimum Gasteiger partial charge on any atom is -0.383 e. The molecule has 2 aliphatic heterocycles. The molecule has 30 heavy (non-hydrogen) atoms. The predicted octanol–water partition coefficient (Wildman–Crippen LogP) is 2.56. The molecule has 0 radical (unpaired) electrons. The summed E-state index contributed by atoms with van der Waals surface area (Å²) in [5.74, 6) is 1.69. The van der Waals surface area contributed by atoms with Crippen LogP contribution in [0, 0.1) is 5.92 Å². The van der Waals surface area contributed by atoms with Gasteiger partial charge in [0, 0.05) is 45.9 Å². The van der Waals surface area contributed by atoms with Gasteiger partial charge in [0.05, 0.1) is 6.61 Å². The second kappa shape index (κ2) is 12.9. The highest BCUT2D eigenvalue weighted by molar-refractivity contribution is 5.80. The van der Waals surface area contributed by atoms with Crippen LogP contribution in [0.25, 0.3) is 0 Å². The van der Waals surface area contributed by atoms with Gasteiger partial charge in [-0.3, -0.25) is 9.89 Å². The Hall–Kier alpha value is -1.63. The van der Waals surface area contributed by atoms with Crippen molar-refractivity contribution in [2.24, 2.45) is 10.9 Å².